The Hall–Kier alpha value is -4.31. The summed E-state index contributed by atoms with van der Waals surface area (Å²) in [5.41, 5.74) is 2.24. The summed E-state index contributed by atoms with van der Waals surface area (Å²) in [6.07, 6.45) is -1.99. The molecule has 0 aromatic heterocycles. The summed E-state index contributed by atoms with van der Waals surface area (Å²) in [7, 11) is 1.65. The number of phenols is 1. The molecule has 250 valence electrons. The second kappa shape index (κ2) is 15.1. The Morgan fingerprint density at radius 2 is 1.66 bits per heavy atom. The molecular weight excluding hydrogens is 598 g/mol. The van der Waals surface area contributed by atoms with Crippen molar-refractivity contribution in [2.24, 2.45) is 5.41 Å². The third-order valence-electron chi connectivity index (χ3n) is 8.68. The zero-order chi connectivity index (χ0) is 33.6. The van der Waals surface area contributed by atoms with Crippen LogP contribution in [0.1, 0.15) is 49.8 Å². The Balaban J connectivity index is 1.27. The molecule has 4 atom stereocenters. The number of hydrogen-bond donors (Lipinski definition) is 3. The Kier molecular flexibility index (Phi) is 10.9. The number of piperidine rings is 1. The van der Waals surface area contributed by atoms with Gasteiger partial charge in [0.1, 0.15) is 17.2 Å². The van der Waals surface area contributed by atoms with Crippen LogP contribution in [0.15, 0.2) is 84.9 Å². The van der Waals surface area contributed by atoms with E-state index in [9.17, 15) is 20.1 Å². The predicted octanol–water partition coefficient (Wildman–Crippen LogP) is 6.98. The smallest absolute Gasteiger partial charge is 0.407 e. The lowest BCUT2D eigenvalue weighted by Gasteiger charge is -2.51. The third-order valence-corrected chi connectivity index (χ3v) is 8.68. The van der Waals surface area contributed by atoms with Crippen LogP contribution in [-0.4, -0.2) is 71.4 Å². The molecule has 4 unspecified atom stereocenters. The van der Waals surface area contributed by atoms with Gasteiger partial charge in [0.05, 0.1) is 58.3 Å². The molecule has 1 aliphatic heterocycles. The number of nitrogens with zero attached hydrogens (tertiary/aromatic N) is 1. The molecule has 0 saturated carbocycles. The lowest BCUT2D eigenvalue weighted by molar-refractivity contribution is -0.123. The molecule has 47 heavy (non-hydrogen) atoms. The van der Waals surface area contributed by atoms with Crippen LogP contribution >= 0.6 is 0 Å². The number of β-amino-alcohol motifs (C(OH)–C–C–N with tert-alkyl or cyclic N) is 1. The normalized spacial score (nSPS) is 19.9. The molecule has 0 bridgehead atoms. The fraction of sp³-hybridized carbons (Fsp3) is 0.395. The Morgan fingerprint density at radius 3 is 2.38 bits per heavy atom. The first-order valence-corrected chi connectivity index (χ1v) is 16.0. The number of para-hydroxylation sites is 1. The Morgan fingerprint density at radius 1 is 0.915 bits per heavy atom. The number of ether oxygens (including phenoxy) is 4. The minimum absolute atomic E-state index is 0.0237. The number of aliphatic hydroxyl groups excluding tert-OH is 1. The molecule has 9 nitrogen and oxygen atoms in total. The predicted molar refractivity (Wildman–Crippen MR) is 180 cm³/mol. The summed E-state index contributed by atoms with van der Waals surface area (Å²) in [6, 6.07) is 25.9. The molecule has 1 aliphatic rings. The largest absolute Gasteiger partial charge is 0.508 e. The fourth-order valence-corrected chi connectivity index (χ4v) is 6.49. The Bertz CT molecular complexity index is 1630. The maximum absolute atomic E-state index is 12.4. The molecule has 1 saturated heterocycles. The van der Waals surface area contributed by atoms with E-state index in [0.29, 0.717) is 32.0 Å². The number of aromatic hydroxyl groups is 1. The van der Waals surface area contributed by atoms with Crippen molar-refractivity contribution in [1.82, 2.24) is 4.90 Å². The molecule has 0 spiro atoms. The van der Waals surface area contributed by atoms with Crippen LogP contribution in [0.4, 0.5) is 4.79 Å². The lowest BCUT2D eigenvalue weighted by Crippen LogP contribution is -2.63. The Labute approximate surface area is 276 Å². The highest BCUT2D eigenvalue weighted by molar-refractivity contribution is 5.84. The average Bonchev–Trinajstić information content (AvgIpc) is 3.04. The standard InChI is InChI=1S/C38H45NO8/c1-38(2,3)36-35(47-23-25-10-11-26-12-15-30(40)21-29(26)20-25)34(32(41)22-39(36)37(42)43)27-13-16-31(17-14-27)46-19-7-18-45-24-28-8-5-6-9-33(28)44-4/h5-6,8-17,20-21,32,34-36,40-41H,7,18-19,22-24H2,1-4H3,(H,42,43). The minimum atomic E-state index is -1.09. The molecule has 1 heterocycles. The third kappa shape index (κ3) is 8.35. The van der Waals surface area contributed by atoms with E-state index in [1.807, 2.05) is 93.6 Å². The monoisotopic (exact) mass is 643 g/mol. The van der Waals surface area contributed by atoms with Crippen LogP contribution < -0.4 is 9.47 Å². The van der Waals surface area contributed by atoms with E-state index in [1.165, 1.54) is 4.90 Å². The summed E-state index contributed by atoms with van der Waals surface area (Å²) < 4.78 is 23.8. The van der Waals surface area contributed by atoms with E-state index < -0.39 is 35.7 Å². The number of hydrogen-bond acceptors (Lipinski definition) is 7. The molecule has 9 heteroatoms. The quantitative estimate of drug-likeness (QED) is 0.142. The number of carboxylic acid groups (broad SMARTS) is 1. The molecule has 1 fully saturated rings. The summed E-state index contributed by atoms with van der Waals surface area (Å²) in [4.78, 5) is 13.7. The number of aliphatic hydroxyl groups is 1. The van der Waals surface area contributed by atoms with Crippen LogP contribution in [0, 0.1) is 5.41 Å². The van der Waals surface area contributed by atoms with E-state index in [0.717, 1.165) is 33.2 Å². The van der Waals surface area contributed by atoms with Gasteiger partial charge in [0.15, 0.2) is 0 Å². The lowest BCUT2D eigenvalue weighted by atomic mass is 9.72. The molecular formula is C38H45NO8. The van der Waals surface area contributed by atoms with Gasteiger partial charge in [0.2, 0.25) is 0 Å². The van der Waals surface area contributed by atoms with E-state index in [-0.39, 0.29) is 18.9 Å². The van der Waals surface area contributed by atoms with Gasteiger partial charge >= 0.3 is 6.09 Å². The molecule has 4 aromatic carbocycles. The van der Waals surface area contributed by atoms with Gasteiger partial charge in [-0.25, -0.2) is 4.79 Å². The highest BCUT2D eigenvalue weighted by Gasteiger charge is 2.50. The number of likely N-dealkylation sites (tertiary alicyclic amines) is 1. The van der Waals surface area contributed by atoms with Crippen LogP contribution in [0.5, 0.6) is 17.2 Å². The molecule has 3 N–H and O–H groups in total. The second-order valence-corrected chi connectivity index (χ2v) is 13.1. The average molecular weight is 644 g/mol. The first kappa shape index (κ1) is 34.0. The zero-order valence-electron chi connectivity index (χ0n) is 27.5. The SMILES string of the molecule is COc1ccccc1COCCCOc1ccc(C2C(O)CN(C(=O)O)C(C(C)(C)C)C2OCc2ccc3ccc(O)cc3c2)cc1. The maximum Gasteiger partial charge on any atom is 0.407 e. The highest BCUT2D eigenvalue weighted by Crippen LogP contribution is 2.42. The van der Waals surface area contributed by atoms with Gasteiger partial charge in [-0.1, -0.05) is 69.3 Å². The molecule has 5 rings (SSSR count). The fourth-order valence-electron chi connectivity index (χ4n) is 6.49. The van der Waals surface area contributed by atoms with E-state index in [2.05, 4.69) is 0 Å². The number of carbonyl (C=O) groups is 1. The highest BCUT2D eigenvalue weighted by atomic mass is 16.5. The maximum atomic E-state index is 12.4. The molecule has 0 radical (unpaired) electrons. The van der Waals surface area contributed by atoms with Crippen LogP contribution in [0.2, 0.25) is 0 Å². The van der Waals surface area contributed by atoms with Crippen molar-refractivity contribution in [3.63, 3.8) is 0 Å². The first-order chi connectivity index (χ1) is 22.5. The topological polar surface area (TPSA) is 118 Å². The molecule has 4 aromatic rings. The van der Waals surface area contributed by atoms with Crippen molar-refractivity contribution < 1.29 is 39.1 Å². The van der Waals surface area contributed by atoms with Crippen LogP contribution in [0.25, 0.3) is 10.8 Å². The molecule has 1 amide bonds. The van der Waals surface area contributed by atoms with Crippen molar-refractivity contribution in [2.45, 2.75) is 64.6 Å². The van der Waals surface area contributed by atoms with Gasteiger partial charge < -0.3 is 34.3 Å². The summed E-state index contributed by atoms with van der Waals surface area (Å²) >= 11 is 0. The summed E-state index contributed by atoms with van der Waals surface area (Å²) in [5, 5.41) is 33.4. The second-order valence-electron chi connectivity index (χ2n) is 13.1. The van der Waals surface area contributed by atoms with Gasteiger partial charge in [0, 0.05) is 17.9 Å². The van der Waals surface area contributed by atoms with Gasteiger partial charge in [-0.2, -0.15) is 0 Å². The van der Waals surface area contributed by atoms with Crippen molar-refractivity contribution in [1.29, 1.82) is 0 Å². The van der Waals surface area contributed by atoms with E-state index in [1.54, 1.807) is 19.2 Å². The number of fused-ring (bicyclic) bond motifs is 1. The van der Waals surface area contributed by atoms with Crippen LogP contribution in [0.3, 0.4) is 0 Å². The zero-order valence-corrected chi connectivity index (χ0v) is 27.5. The van der Waals surface area contributed by atoms with Gasteiger partial charge in [-0.15, -0.1) is 0 Å². The van der Waals surface area contributed by atoms with Crippen LogP contribution in [-0.2, 0) is 22.7 Å². The van der Waals surface area contributed by atoms with Crippen molar-refractivity contribution in [3.05, 3.63) is 102 Å². The first-order valence-electron chi connectivity index (χ1n) is 16.0. The number of phenolic OH excluding ortho intramolecular Hbond substituents is 1. The number of benzene rings is 4. The minimum Gasteiger partial charge on any atom is -0.508 e. The van der Waals surface area contributed by atoms with Crippen molar-refractivity contribution in [2.75, 3.05) is 26.9 Å². The van der Waals surface area contributed by atoms with Crippen molar-refractivity contribution >= 4 is 16.9 Å². The summed E-state index contributed by atoms with van der Waals surface area (Å²) in [6.45, 7) is 7.65. The van der Waals surface area contributed by atoms with Gasteiger partial charge in [-0.3, -0.25) is 4.90 Å². The van der Waals surface area contributed by atoms with Gasteiger partial charge in [0.25, 0.3) is 0 Å². The molecule has 0 aliphatic carbocycles. The van der Waals surface area contributed by atoms with Crippen molar-refractivity contribution in [3.8, 4) is 17.2 Å². The number of amides is 1. The number of methoxy groups -OCH3 is 1. The number of rotatable bonds is 12. The van der Waals surface area contributed by atoms with E-state index >= 15 is 0 Å². The van der Waals surface area contributed by atoms with Gasteiger partial charge in [-0.05, 0) is 63.7 Å². The van der Waals surface area contributed by atoms with E-state index in [4.69, 9.17) is 18.9 Å². The summed E-state index contributed by atoms with van der Waals surface area (Å²) in [5.74, 6) is 1.21.